The van der Waals surface area contributed by atoms with E-state index >= 15 is 0 Å². The highest BCUT2D eigenvalue weighted by Gasteiger charge is 2.29. The lowest BCUT2D eigenvalue weighted by molar-refractivity contribution is 0.150. The van der Waals surface area contributed by atoms with Crippen LogP contribution in [0.2, 0.25) is 0 Å². The van der Waals surface area contributed by atoms with Gasteiger partial charge in [0, 0.05) is 10.0 Å². The van der Waals surface area contributed by atoms with E-state index in [0.717, 1.165) is 10.0 Å². The standard InChI is InChI=1S/C17H24BrN3O3S/c1-11-16(25(23,24)20-17(3,4)5)12(2)21(19-11)10-15(22)13-7-6-8-14(18)9-13/h6-9,15,20,22H,10H2,1-5H3. The van der Waals surface area contributed by atoms with Gasteiger partial charge in [0.1, 0.15) is 4.90 Å². The minimum absolute atomic E-state index is 0.170. The lowest BCUT2D eigenvalue weighted by Gasteiger charge is -2.20. The maximum Gasteiger partial charge on any atom is 0.244 e. The van der Waals surface area contributed by atoms with Gasteiger partial charge in [0.2, 0.25) is 10.0 Å². The number of nitrogens with one attached hydrogen (secondary N) is 1. The highest BCUT2D eigenvalue weighted by atomic mass is 79.9. The SMILES string of the molecule is Cc1nn(CC(O)c2cccc(Br)c2)c(C)c1S(=O)(=O)NC(C)(C)C. The van der Waals surface area contributed by atoms with Crippen molar-refractivity contribution in [1.29, 1.82) is 0 Å². The van der Waals surface area contributed by atoms with Gasteiger partial charge in [0.25, 0.3) is 0 Å². The molecule has 0 aliphatic carbocycles. The van der Waals surface area contributed by atoms with Gasteiger partial charge < -0.3 is 5.11 Å². The van der Waals surface area contributed by atoms with Crippen LogP contribution in [0.3, 0.4) is 0 Å². The Labute approximate surface area is 157 Å². The van der Waals surface area contributed by atoms with Crippen molar-refractivity contribution in [2.45, 2.75) is 57.7 Å². The molecule has 1 aromatic carbocycles. The van der Waals surface area contributed by atoms with Gasteiger partial charge in [-0.05, 0) is 52.3 Å². The molecule has 138 valence electrons. The molecule has 0 aliphatic heterocycles. The van der Waals surface area contributed by atoms with Crippen LogP contribution in [0.1, 0.15) is 43.8 Å². The summed E-state index contributed by atoms with van der Waals surface area (Å²) in [6.45, 7) is 8.90. The quantitative estimate of drug-likeness (QED) is 0.764. The van der Waals surface area contributed by atoms with Crippen LogP contribution in [0, 0.1) is 13.8 Å². The van der Waals surface area contributed by atoms with E-state index in [9.17, 15) is 13.5 Å². The number of rotatable bonds is 5. The van der Waals surface area contributed by atoms with Crippen molar-refractivity contribution in [2.24, 2.45) is 0 Å². The lowest BCUT2D eigenvalue weighted by Crippen LogP contribution is -2.40. The number of aryl methyl sites for hydroxylation is 1. The Bertz CT molecular complexity index is 870. The van der Waals surface area contributed by atoms with Crippen molar-refractivity contribution < 1.29 is 13.5 Å². The number of halogens is 1. The molecule has 0 aliphatic rings. The van der Waals surface area contributed by atoms with E-state index in [1.807, 2.05) is 24.3 Å². The normalized spacial score (nSPS) is 13.9. The van der Waals surface area contributed by atoms with E-state index in [-0.39, 0.29) is 11.4 Å². The molecule has 25 heavy (non-hydrogen) atoms. The van der Waals surface area contributed by atoms with Crippen LogP contribution in [-0.4, -0.2) is 28.8 Å². The van der Waals surface area contributed by atoms with Crippen LogP contribution in [0.15, 0.2) is 33.6 Å². The van der Waals surface area contributed by atoms with Crippen molar-refractivity contribution >= 4 is 26.0 Å². The second kappa shape index (κ2) is 7.19. The van der Waals surface area contributed by atoms with E-state index in [4.69, 9.17) is 0 Å². The predicted octanol–water partition coefficient (Wildman–Crippen LogP) is 3.07. The molecule has 0 saturated carbocycles. The molecule has 0 bridgehead atoms. The average molecular weight is 430 g/mol. The second-order valence-electron chi connectivity index (χ2n) is 7.11. The molecule has 0 radical (unpaired) electrons. The number of hydrogen-bond acceptors (Lipinski definition) is 4. The molecule has 6 nitrogen and oxygen atoms in total. The number of aliphatic hydroxyl groups excluding tert-OH is 1. The minimum Gasteiger partial charge on any atom is -0.386 e. The highest BCUT2D eigenvalue weighted by molar-refractivity contribution is 9.10. The molecule has 8 heteroatoms. The molecular formula is C17H24BrN3O3S. The second-order valence-corrected chi connectivity index (χ2v) is 9.64. The Morgan fingerprint density at radius 3 is 2.52 bits per heavy atom. The summed E-state index contributed by atoms with van der Waals surface area (Å²) in [7, 11) is -3.69. The Balaban J connectivity index is 2.33. The Morgan fingerprint density at radius 2 is 1.96 bits per heavy atom. The third-order valence-corrected chi connectivity index (χ3v) is 6.11. The van der Waals surface area contributed by atoms with E-state index in [1.165, 1.54) is 4.68 Å². The number of aromatic nitrogens is 2. The van der Waals surface area contributed by atoms with E-state index in [0.29, 0.717) is 11.4 Å². The molecule has 2 N–H and O–H groups in total. The van der Waals surface area contributed by atoms with Crippen LogP contribution in [0.4, 0.5) is 0 Å². The van der Waals surface area contributed by atoms with Crippen molar-refractivity contribution in [3.05, 3.63) is 45.7 Å². The molecule has 2 aromatic rings. The zero-order chi connectivity index (χ0) is 19.0. The number of sulfonamides is 1. The van der Waals surface area contributed by atoms with Crippen molar-refractivity contribution in [3.8, 4) is 0 Å². The first kappa shape index (κ1) is 20.1. The molecule has 0 saturated heterocycles. The van der Waals surface area contributed by atoms with Crippen LogP contribution in [-0.2, 0) is 16.6 Å². The summed E-state index contributed by atoms with van der Waals surface area (Å²) in [4.78, 5) is 0.170. The molecule has 1 unspecified atom stereocenters. The number of nitrogens with zero attached hydrogens (tertiary/aromatic N) is 2. The summed E-state index contributed by atoms with van der Waals surface area (Å²) >= 11 is 3.38. The molecule has 1 atom stereocenters. The Hall–Kier alpha value is -1.22. The smallest absolute Gasteiger partial charge is 0.244 e. The number of benzene rings is 1. The summed E-state index contributed by atoms with van der Waals surface area (Å²) < 4.78 is 30.4. The molecule has 0 spiro atoms. The number of hydrogen-bond donors (Lipinski definition) is 2. The summed E-state index contributed by atoms with van der Waals surface area (Å²) in [6.07, 6.45) is -0.790. The number of aliphatic hydroxyl groups is 1. The fraction of sp³-hybridized carbons (Fsp3) is 0.471. The molecule has 1 heterocycles. The van der Waals surface area contributed by atoms with Gasteiger partial charge in [-0.25, -0.2) is 13.1 Å². The summed E-state index contributed by atoms with van der Waals surface area (Å²) in [5, 5.41) is 14.8. The third kappa shape index (κ3) is 4.91. The maximum absolute atomic E-state index is 12.7. The van der Waals surface area contributed by atoms with Crippen LogP contribution in [0.25, 0.3) is 0 Å². The van der Waals surface area contributed by atoms with Gasteiger partial charge in [-0.1, -0.05) is 28.1 Å². The maximum atomic E-state index is 12.7. The van der Waals surface area contributed by atoms with Crippen molar-refractivity contribution in [2.75, 3.05) is 0 Å². The van der Waals surface area contributed by atoms with Crippen LogP contribution in [0.5, 0.6) is 0 Å². The van der Waals surface area contributed by atoms with Crippen LogP contribution < -0.4 is 4.72 Å². The van der Waals surface area contributed by atoms with Crippen molar-refractivity contribution in [1.82, 2.24) is 14.5 Å². The minimum atomic E-state index is -3.69. The Kier molecular flexibility index (Phi) is 5.78. The third-order valence-electron chi connectivity index (χ3n) is 3.60. The molecule has 1 aromatic heterocycles. The summed E-state index contributed by atoms with van der Waals surface area (Å²) in [5.41, 5.74) is 1.06. The first-order valence-corrected chi connectivity index (χ1v) is 10.2. The fourth-order valence-electron chi connectivity index (χ4n) is 2.68. The molecular weight excluding hydrogens is 406 g/mol. The van der Waals surface area contributed by atoms with Gasteiger partial charge in [0.15, 0.2) is 0 Å². The fourth-order valence-corrected chi connectivity index (χ4v) is 4.93. The van der Waals surface area contributed by atoms with Gasteiger partial charge >= 0.3 is 0 Å². The monoisotopic (exact) mass is 429 g/mol. The van der Waals surface area contributed by atoms with Gasteiger partial charge in [-0.15, -0.1) is 0 Å². The highest BCUT2D eigenvalue weighted by Crippen LogP contribution is 2.24. The first-order valence-electron chi connectivity index (χ1n) is 7.92. The van der Waals surface area contributed by atoms with E-state index < -0.39 is 21.7 Å². The van der Waals surface area contributed by atoms with Crippen LogP contribution >= 0.6 is 15.9 Å². The predicted molar refractivity (Wildman–Crippen MR) is 101 cm³/mol. The lowest BCUT2D eigenvalue weighted by atomic mass is 10.1. The first-order chi connectivity index (χ1) is 11.4. The van der Waals surface area contributed by atoms with E-state index in [2.05, 4.69) is 25.8 Å². The summed E-state index contributed by atoms with van der Waals surface area (Å²) in [5.74, 6) is 0. The molecule has 0 fully saturated rings. The van der Waals surface area contributed by atoms with Gasteiger partial charge in [-0.2, -0.15) is 5.10 Å². The summed E-state index contributed by atoms with van der Waals surface area (Å²) in [6, 6.07) is 7.37. The topological polar surface area (TPSA) is 84.2 Å². The zero-order valence-corrected chi connectivity index (χ0v) is 17.4. The molecule has 2 rings (SSSR count). The zero-order valence-electron chi connectivity index (χ0n) is 15.0. The van der Waals surface area contributed by atoms with Gasteiger partial charge in [-0.3, -0.25) is 4.68 Å². The molecule has 0 amide bonds. The largest absolute Gasteiger partial charge is 0.386 e. The van der Waals surface area contributed by atoms with Gasteiger partial charge in [0.05, 0.1) is 24.0 Å². The Morgan fingerprint density at radius 1 is 1.32 bits per heavy atom. The van der Waals surface area contributed by atoms with Crippen molar-refractivity contribution in [3.63, 3.8) is 0 Å². The average Bonchev–Trinajstić information content (AvgIpc) is 2.71. The van der Waals surface area contributed by atoms with E-state index in [1.54, 1.807) is 34.6 Å².